The number of carbonyl (C=O) groups excluding carboxylic acids is 1. The Hall–Kier alpha value is -1.75. The zero-order valence-electron chi connectivity index (χ0n) is 8.65. The fourth-order valence-corrected chi connectivity index (χ4v) is 1.67. The van der Waals surface area contributed by atoms with Crippen molar-refractivity contribution in [3.63, 3.8) is 0 Å². The summed E-state index contributed by atoms with van der Waals surface area (Å²) < 4.78 is 13.6. The molecule has 5 heteroatoms. The lowest BCUT2D eigenvalue weighted by Gasteiger charge is -2.05. The standard InChI is InChI=1S/C12H8BrFN2O/c13-9-4-8(6-15-7-9)12(17)16-11-3-1-2-10(14)5-11/h1-7H,(H,16,17). The van der Waals surface area contributed by atoms with E-state index in [2.05, 4.69) is 26.2 Å². The van der Waals surface area contributed by atoms with Crippen molar-refractivity contribution in [3.05, 3.63) is 58.6 Å². The highest BCUT2D eigenvalue weighted by Gasteiger charge is 2.07. The van der Waals surface area contributed by atoms with Crippen LogP contribution in [-0.2, 0) is 0 Å². The van der Waals surface area contributed by atoms with E-state index in [1.165, 1.54) is 24.4 Å². The van der Waals surface area contributed by atoms with Crippen molar-refractivity contribution in [2.45, 2.75) is 0 Å². The predicted molar refractivity (Wildman–Crippen MR) is 66.3 cm³/mol. The van der Waals surface area contributed by atoms with E-state index in [-0.39, 0.29) is 5.91 Å². The average molecular weight is 295 g/mol. The van der Waals surface area contributed by atoms with Crippen LogP contribution in [0.15, 0.2) is 47.2 Å². The molecule has 0 spiro atoms. The van der Waals surface area contributed by atoms with Crippen molar-refractivity contribution in [2.75, 3.05) is 5.32 Å². The van der Waals surface area contributed by atoms with Crippen molar-refractivity contribution in [2.24, 2.45) is 0 Å². The molecule has 0 saturated carbocycles. The van der Waals surface area contributed by atoms with Crippen LogP contribution in [0.4, 0.5) is 10.1 Å². The van der Waals surface area contributed by atoms with Gasteiger partial charge in [-0.1, -0.05) is 6.07 Å². The molecule has 86 valence electrons. The summed E-state index contributed by atoms with van der Waals surface area (Å²) in [5.41, 5.74) is 0.818. The summed E-state index contributed by atoms with van der Waals surface area (Å²) in [7, 11) is 0. The molecule has 0 aliphatic rings. The summed E-state index contributed by atoms with van der Waals surface area (Å²) in [6.45, 7) is 0. The second-order valence-corrected chi connectivity index (χ2v) is 4.27. The molecule has 0 saturated heterocycles. The Bertz CT molecular complexity index is 560. The number of anilines is 1. The largest absolute Gasteiger partial charge is 0.322 e. The lowest BCUT2D eigenvalue weighted by Crippen LogP contribution is -2.12. The number of benzene rings is 1. The van der Waals surface area contributed by atoms with Crippen molar-refractivity contribution in [1.29, 1.82) is 0 Å². The number of rotatable bonds is 2. The molecule has 3 nitrogen and oxygen atoms in total. The van der Waals surface area contributed by atoms with Crippen molar-refractivity contribution in [3.8, 4) is 0 Å². The summed E-state index contributed by atoms with van der Waals surface area (Å²) in [6.07, 6.45) is 3.03. The Kier molecular flexibility index (Phi) is 3.49. The third kappa shape index (κ3) is 3.10. The Morgan fingerprint density at radius 1 is 1.29 bits per heavy atom. The first-order valence-corrected chi connectivity index (χ1v) is 5.62. The first-order chi connectivity index (χ1) is 8.15. The molecule has 0 radical (unpaired) electrons. The quantitative estimate of drug-likeness (QED) is 0.924. The molecular formula is C12H8BrFN2O. The predicted octanol–water partition coefficient (Wildman–Crippen LogP) is 3.24. The van der Waals surface area contributed by atoms with Crippen LogP contribution < -0.4 is 5.32 Å². The monoisotopic (exact) mass is 294 g/mol. The summed E-state index contributed by atoms with van der Waals surface area (Å²) >= 11 is 3.22. The minimum atomic E-state index is -0.393. The lowest BCUT2D eigenvalue weighted by atomic mass is 10.2. The maximum atomic E-state index is 12.9. The minimum absolute atomic E-state index is 0.329. The number of carbonyl (C=O) groups is 1. The second-order valence-electron chi connectivity index (χ2n) is 3.36. The summed E-state index contributed by atoms with van der Waals surface area (Å²) in [4.78, 5) is 15.7. The van der Waals surface area contributed by atoms with E-state index in [0.29, 0.717) is 15.7 Å². The number of aromatic nitrogens is 1. The van der Waals surface area contributed by atoms with Gasteiger partial charge >= 0.3 is 0 Å². The van der Waals surface area contributed by atoms with Crippen LogP contribution in [0.2, 0.25) is 0 Å². The molecule has 2 aromatic rings. The van der Waals surface area contributed by atoms with E-state index in [1.807, 2.05) is 0 Å². The molecule has 17 heavy (non-hydrogen) atoms. The van der Waals surface area contributed by atoms with Crippen LogP contribution in [-0.4, -0.2) is 10.9 Å². The van der Waals surface area contributed by atoms with Crippen molar-refractivity contribution < 1.29 is 9.18 Å². The first-order valence-electron chi connectivity index (χ1n) is 4.82. The molecule has 1 amide bonds. The molecule has 0 fully saturated rings. The van der Waals surface area contributed by atoms with Gasteiger partial charge in [-0.2, -0.15) is 0 Å². The van der Waals surface area contributed by atoms with Crippen LogP contribution in [0, 0.1) is 5.82 Å². The van der Waals surface area contributed by atoms with E-state index >= 15 is 0 Å². The topological polar surface area (TPSA) is 42.0 Å². The highest BCUT2D eigenvalue weighted by molar-refractivity contribution is 9.10. The van der Waals surface area contributed by atoms with E-state index < -0.39 is 5.82 Å². The van der Waals surface area contributed by atoms with Gasteiger partial charge in [0, 0.05) is 22.6 Å². The molecular weight excluding hydrogens is 287 g/mol. The van der Waals surface area contributed by atoms with E-state index in [9.17, 15) is 9.18 Å². The maximum Gasteiger partial charge on any atom is 0.257 e. The van der Waals surface area contributed by atoms with Gasteiger partial charge in [-0.15, -0.1) is 0 Å². The van der Waals surface area contributed by atoms with Gasteiger partial charge < -0.3 is 5.32 Å². The van der Waals surface area contributed by atoms with Crippen LogP contribution in [0.5, 0.6) is 0 Å². The molecule has 1 N–H and O–H groups in total. The second kappa shape index (κ2) is 5.05. The van der Waals surface area contributed by atoms with Gasteiger partial charge in [0.25, 0.3) is 5.91 Å². The Morgan fingerprint density at radius 2 is 2.12 bits per heavy atom. The SMILES string of the molecule is O=C(Nc1cccc(F)c1)c1cncc(Br)c1. The Balaban J connectivity index is 2.17. The van der Waals surface area contributed by atoms with Gasteiger partial charge in [-0.3, -0.25) is 9.78 Å². The van der Waals surface area contributed by atoms with Gasteiger partial charge in [0.1, 0.15) is 5.82 Å². The smallest absolute Gasteiger partial charge is 0.257 e. The molecule has 2 rings (SSSR count). The van der Waals surface area contributed by atoms with Gasteiger partial charge in [0.2, 0.25) is 0 Å². The van der Waals surface area contributed by atoms with Gasteiger partial charge in [-0.25, -0.2) is 4.39 Å². The molecule has 0 aliphatic carbocycles. The van der Waals surface area contributed by atoms with E-state index in [4.69, 9.17) is 0 Å². The zero-order valence-corrected chi connectivity index (χ0v) is 10.2. The number of amides is 1. The summed E-state index contributed by atoms with van der Waals surface area (Å²) in [6, 6.07) is 7.36. The lowest BCUT2D eigenvalue weighted by molar-refractivity contribution is 0.102. The van der Waals surface area contributed by atoms with E-state index in [1.54, 1.807) is 18.3 Å². The third-order valence-electron chi connectivity index (χ3n) is 2.05. The fourth-order valence-electron chi connectivity index (χ4n) is 1.31. The third-order valence-corrected chi connectivity index (χ3v) is 2.48. The maximum absolute atomic E-state index is 12.9. The first kappa shape index (κ1) is 11.7. The molecule has 0 atom stereocenters. The molecule has 1 heterocycles. The van der Waals surface area contributed by atoms with E-state index in [0.717, 1.165) is 0 Å². The highest BCUT2D eigenvalue weighted by Crippen LogP contribution is 2.13. The van der Waals surface area contributed by atoms with Gasteiger partial charge in [0.15, 0.2) is 0 Å². The minimum Gasteiger partial charge on any atom is -0.322 e. The van der Waals surface area contributed by atoms with Crippen LogP contribution >= 0.6 is 15.9 Å². The van der Waals surface area contributed by atoms with Crippen LogP contribution in [0.1, 0.15) is 10.4 Å². The number of hydrogen-bond donors (Lipinski definition) is 1. The Labute approximate surface area is 106 Å². The number of nitrogens with zero attached hydrogens (tertiary/aromatic N) is 1. The zero-order chi connectivity index (χ0) is 12.3. The number of hydrogen-bond acceptors (Lipinski definition) is 2. The summed E-state index contributed by atoms with van der Waals surface area (Å²) in [5, 5.41) is 2.59. The normalized spacial score (nSPS) is 10.0. The molecule has 1 aromatic heterocycles. The highest BCUT2D eigenvalue weighted by atomic mass is 79.9. The molecule has 0 aliphatic heterocycles. The fraction of sp³-hybridized carbons (Fsp3) is 0. The summed E-state index contributed by atoms with van der Waals surface area (Å²) in [5.74, 6) is -0.723. The van der Waals surface area contributed by atoms with Crippen LogP contribution in [0.3, 0.4) is 0 Å². The van der Waals surface area contributed by atoms with Crippen molar-refractivity contribution >= 4 is 27.5 Å². The number of halogens is 2. The number of nitrogens with one attached hydrogen (secondary N) is 1. The average Bonchev–Trinajstić information content (AvgIpc) is 2.29. The Morgan fingerprint density at radius 3 is 2.82 bits per heavy atom. The molecule has 0 unspecified atom stereocenters. The molecule has 0 bridgehead atoms. The van der Waals surface area contributed by atoms with Crippen LogP contribution in [0.25, 0.3) is 0 Å². The van der Waals surface area contributed by atoms with Gasteiger partial charge in [0.05, 0.1) is 5.56 Å². The molecule has 1 aromatic carbocycles. The number of pyridine rings is 1. The van der Waals surface area contributed by atoms with Crippen molar-refractivity contribution in [1.82, 2.24) is 4.98 Å². The van der Waals surface area contributed by atoms with Gasteiger partial charge in [-0.05, 0) is 40.2 Å².